The SMILES string of the molecule is CCCCCCc1cc2cc3cc(C)cc4c5cc(CCCCCC)cc6cc7cc(CCCCCC)cc8c(c1)c2c(c34)c(c65)c78. The fourth-order valence-electron chi connectivity index (χ4n) is 9.20. The Hall–Kier alpha value is -3.64. The van der Waals surface area contributed by atoms with Gasteiger partial charge in [0.15, 0.2) is 0 Å². The van der Waals surface area contributed by atoms with Gasteiger partial charge in [0.05, 0.1) is 0 Å². The lowest BCUT2D eigenvalue weighted by atomic mass is 9.79. The van der Waals surface area contributed by atoms with E-state index < -0.39 is 0 Å². The van der Waals surface area contributed by atoms with E-state index >= 15 is 0 Å². The van der Waals surface area contributed by atoms with E-state index in [0.717, 1.165) is 0 Å². The number of unbranched alkanes of at least 4 members (excludes halogenated alkanes) is 9. The highest BCUT2D eigenvalue weighted by molar-refractivity contribution is 6.48. The molecule has 47 heavy (non-hydrogen) atoms. The third-order valence-electron chi connectivity index (χ3n) is 11.4. The highest BCUT2D eigenvalue weighted by atomic mass is 14.3. The predicted octanol–water partition coefficient (Wildman–Crippen LogP) is 14.7. The molecule has 8 aromatic rings. The van der Waals surface area contributed by atoms with Crippen molar-refractivity contribution >= 4 is 75.4 Å². The van der Waals surface area contributed by atoms with Gasteiger partial charge in [-0.3, -0.25) is 0 Å². The summed E-state index contributed by atoms with van der Waals surface area (Å²) in [5.41, 5.74) is 5.90. The van der Waals surface area contributed by atoms with Crippen LogP contribution in [0.5, 0.6) is 0 Å². The molecule has 0 bridgehead atoms. The van der Waals surface area contributed by atoms with Crippen molar-refractivity contribution in [3.8, 4) is 0 Å². The summed E-state index contributed by atoms with van der Waals surface area (Å²) in [4.78, 5) is 0. The van der Waals surface area contributed by atoms with Gasteiger partial charge >= 0.3 is 0 Å². The van der Waals surface area contributed by atoms with Crippen LogP contribution in [-0.2, 0) is 19.3 Å². The Morgan fingerprint density at radius 1 is 0.319 bits per heavy atom. The minimum Gasteiger partial charge on any atom is -0.0654 e. The molecule has 0 aliphatic rings. The van der Waals surface area contributed by atoms with Gasteiger partial charge in [-0.1, -0.05) is 127 Å². The van der Waals surface area contributed by atoms with E-state index in [0.29, 0.717) is 0 Å². The summed E-state index contributed by atoms with van der Waals surface area (Å²) in [6.07, 6.45) is 19.2. The van der Waals surface area contributed by atoms with Crippen LogP contribution in [0.2, 0.25) is 0 Å². The Balaban J connectivity index is 1.47. The molecule has 0 heterocycles. The topological polar surface area (TPSA) is 0 Å². The van der Waals surface area contributed by atoms with Crippen LogP contribution in [-0.4, -0.2) is 0 Å². The maximum absolute atomic E-state index is 2.60. The van der Waals surface area contributed by atoms with Gasteiger partial charge in [0, 0.05) is 0 Å². The van der Waals surface area contributed by atoms with E-state index in [1.165, 1.54) is 194 Å². The molecule has 8 rings (SSSR count). The van der Waals surface area contributed by atoms with E-state index in [9.17, 15) is 0 Å². The summed E-state index contributed by atoms with van der Waals surface area (Å²) in [5, 5.41) is 20.7. The molecule has 0 atom stereocenters. The lowest BCUT2D eigenvalue weighted by Crippen LogP contribution is -1.98. The molecular formula is C47H52. The average Bonchev–Trinajstić information content (AvgIpc) is 3.07. The molecule has 0 nitrogen and oxygen atoms in total. The molecule has 0 radical (unpaired) electrons. The van der Waals surface area contributed by atoms with Gasteiger partial charge < -0.3 is 0 Å². The quantitative estimate of drug-likeness (QED) is 0.0610. The van der Waals surface area contributed by atoms with Crippen molar-refractivity contribution in [2.45, 2.75) is 124 Å². The minimum absolute atomic E-state index is 1.17. The zero-order valence-electron chi connectivity index (χ0n) is 29.4. The first-order valence-corrected chi connectivity index (χ1v) is 19.2. The van der Waals surface area contributed by atoms with Gasteiger partial charge in [0.1, 0.15) is 0 Å². The Morgan fingerprint density at radius 2 is 0.660 bits per heavy atom. The van der Waals surface area contributed by atoms with Crippen LogP contribution < -0.4 is 0 Å². The van der Waals surface area contributed by atoms with Crippen molar-refractivity contribution in [2.24, 2.45) is 0 Å². The summed E-state index contributed by atoms with van der Waals surface area (Å²) in [6.45, 7) is 9.24. The molecule has 0 aliphatic carbocycles. The zero-order chi connectivity index (χ0) is 32.1. The fourth-order valence-corrected chi connectivity index (χ4v) is 9.20. The van der Waals surface area contributed by atoms with Crippen LogP contribution >= 0.6 is 0 Å². The van der Waals surface area contributed by atoms with Gasteiger partial charge in [0.2, 0.25) is 0 Å². The molecule has 0 heteroatoms. The van der Waals surface area contributed by atoms with E-state index in [1.807, 2.05) is 0 Å². The Bertz CT molecular complexity index is 2310. The summed E-state index contributed by atoms with van der Waals surface area (Å²) in [6, 6.07) is 25.5. The molecule has 0 saturated carbocycles. The van der Waals surface area contributed by atoms with Gasteiger partial charge in [-0.2, -0.15) is 0 Å². The smallest absolute Gasteiger partial charge is 0.000138 e. The Morgan fingerprint density at radius 3 is 1.02 bits per heavy atom. The second-order valence-corrected chi connectivity index (χ2v) is 15.1. The third-order valence-corrected chi connectivity index (χ3v) is 11.4. The molecule has 8 aromatic carbocycles. The Kier molecular flexibility index (Phi) is 8.33. The number of fused-ring (bicyclic) bond motifs is 2. The predicted molar refractivity (Wildman–Crippen MR) is 211 cm³/mol. The van der Waals surface area contributed by atoms with E-state index in [1.54, 1.807) is 0 Å². The molecule has 0 saturated heterocycles. The molecule has 0 fully saturated rings. The normalized spacial score (nSPS) is 12.7. The molecule has 0 aromatic heterocycles. The van der Waals surface area contributed by atoms with Crippen molar-refractivity contribution in [1.82, 2.24) is 0 Å². The van der Waals surface area contributed by atoms with Crippen molar-refractivity contribution in [2.75, 3.05) is 0 Å². The van der Waals surface area contributed by atoms with E-state index in [4.69, 9.17) is 0 Å². The first-order valence-electron chi connectivity index (χ1n) is 19.2. The summed E-state index contributed by atoms with van der Waals surface area (Å²) < 4.78 is 0. The standard InChI is InChI=1S/C47H52/c1-5-8-11-14-17-31-23-36-29-37-24-33(19-16-13-10-7-3)27-41-40-26-32(18-15-12-9-6-2)22-35-28-34-20-30(4)21-38-39(25-31)43(36)47(45(37)41)46(42(34)38)44(35)40/h20-29H,5-19H2,1-4H3. The van der Waals surface area contributed by atoms with Crippen LogP contribution in [0.3, 0.4) is 0 Å². The molecule has 0 N–H and O–H groups in total. The van der Waals surface area contributed by atoms with E-state index in [-0.39, 0.29) is 0 Å². The van der Waals surface area contributed by atoms with Crippen molar-refractivity contribution < 1.29 is 0 Å². The van der Waals surface area contributed by atoms with Crippen LogP contribution in [0.4, 0.5) is 0 Å². The number of aryl methyl sites for hydroxylation is 4. The first-order chi connectivity index (χ1) is 23.1. The maximum atomic E-state index is 2.60. The lowest BCUT2D eigenvalue weighted by Gasteiger charge is -2.24. The van der Waals surface area contributed by atoms with Crippen molar-refractivity contribution in [1.29, 1.82) is 0 Å². The Labute approximate surface area is 281 Å². The van der Waals surface area contributed by atoms with Crippen LogP contribution in [0.25, 0.3) is 75.4 Å². The molecule has 0 aliphatic heterocycles. The second-order valence-electron chi connectivity index (χ2n) is 15.1. The van der Waals surface area contributed by atoms with Crippen molar-refractivity contribution in [3.63, 3.8) is 0 Å². The summed E-state index contributed by atoms with van der Waals surface area (Å²) in [5.74, 6) is 0. The van der Waals surface area contributed by atoms with E-state index in [2.05, 4.69) is 88.4 Å². The zero-order valence-corrected chi connectivity index (χ0v) is 29.4. The fraction of sp³-hybridized carbons (Fsp3) is 0.404. The van der Waals surface area contributed by atoms with Crippen LogP contribution in [0, 0.1) is 6.92 Å². The summed E-state index contributed by atoms with van der Waals surface area (Å²) >= 11 is 0. The highest BCUT2D eigenvalue weighted by Gasteiger charge is 2.24. The second kappa shape index (κ2) is 12.8. The molecule has 0 amide bonds. The highest BCUT2D eigenvalue weighted by Crippen LogP contribution is 2.52. The third kappa shape index (κ3) is 5.28. The van der Waals surface area contributed by atoms with Gasteiger partial charge in [-0.05, 0) is 155 Å². The largest absolute Gasteiger partial charge is 0.0654 e. The minimum atomic E-state index is 1.17. The lowest BCUT2D eigenvalue weighted by molar-refractivity contribution is 0.667. The summed E-state index contributed by atoms with van der Waals surface area (Å²) in [7, 11) is 0. The van der Waals surface area contributed by atoms with Gasteiger partial charge in [-0.25, -0.2) is 0 Å². The average molecular weight is 617 g/mol. The monoisotopic (exact) mass is 616 g/mol. The van der Waals surface area contributed by atoms with Crippen LogP contribution in [0.1, 0.15) is 120 Å². The first kappa shape index (κ1) is 30.7. The molecule has 0 unspecified atom stereocenters. The molecule has 240 valence electrons. The number of benzene rings is 8. The number of rotatable bonds is 15. The van der Waals surface area contributed by atoms with Crippen molar-refractivity contribution in [3.05, 3.63) is 82.9 Å². The van der Waals surface area contributed by atoms with Crippen LogP contribution in [0.15, 0.2) is 60.7 Å². The molecule has 0 spiro atoms. The number of hydrogen-bond acceptors (Lipinski definition) is 0. The maximum Gasteiger partial charge on any atom is -0.000138 e. The van der Waals surface area contributed by atoms with Gasteiger partial charge in [0.25, 0.3) is 0 Å². The molecular weight excluding hydrogens is 565 g/mol. The van der Waals surface area contributed by atoms with Gasteiger partial charge in [-0.15, -0.1) is 0 Å². The number of hydrogen-bond donors (Lipinski definition) is 0.